The number of unbranched alkanes of at least 4 members (excludes halogenated alkanes) is 1. The van der Waals surface area contributed by atoms with Gasteiger partial charge in [-0.1, -0.05) is 48.5 Å². The Labute approximate surface area is 215 Å². The summed E-state index contributed by atoms with van der Waals surface area (Å²) >= 11 is 8.67. The minimum absolute atomic E-state index is 0.00629. The average molecular weight is 569 g/mol. The number of rotatable bonds is 9. The van der Waals surface area contributed by atoms with Crippen LogP contribution in [-0.2, 0) is 10.0 Å². The zero-order chi connectivity index (χ0) is 24.6. The van der Waals surface area contributed by atoms with Crippen LogP contribution < -0.4 is 20.1 Å². The summed E-state index contributed by atoms with van der Waals surface area (Å²) in [4.78, 5) is 13.0. The van der Waals surface area contributed by atoms with Crippen molar-refractivity contribution in [2.24, 2.45) is 0 Å². The highest BCUT2D eigenvalue weighted by Gasteiger charge is 2.22. The first-order chi connectivity index (χ1) is 16.3. The molecule has 0 saturated heterocycles. The fraction of sp³-hybridized carbons (Fsp3) is 0.417. The molecule has 0 spiro atoms. The summed E-state index contributed by atoms with van der Waals surface area (Å²) in [6, 6.07) is 11.5. The molecular formula is C24H30BrN3O4S2. The standard InChI is InChI=1S/C24H30BrN3O4S2/c1-2-3-15-32-22-14-9-17(25)16-21(22)23(29)27-24(33)26-18-10-12-20(13-11-18)34(30,31)28-19-7-5-4-6-8-19/h9-14,16,19,28H,2-8,15H2,1H3,(H2,26,27,29,33). The lowest BCUT2D eigenvalue weighted by molar-refractivity contribution is 0.0973. The Hall–Kier alpha value is -2.01. The van der Waals surface area contributed by atoms with Crippen LogP contribution in [0.1, 0.15) is 62.2 Å². The molecule has 1 aliphatic rings. The summed E-state index contributed by atoms with van der Waals surface area (Å²) in [5.41, 5.74) is 0.931. The summed E-state index contributed by atoms with van der Waals surface area (Å²) < 4.78 is 34.6. The highest BCUT2D eigenvalue weighted by Crippen LogP contribution is 2.24. The monoisotopic (exact) mass is 567 g/mol. The molecule has 34 heavy (non-hydrogen) atoms. The number of carbonyl (C=O) groups excluding carboxylic acids is 1. The van der Waals surface area contributed by atoms with E-state index < -0.39 is 15.9 Å². The maximum Gasteiger partial charge on any atom is 0.261 e. The zero-order valence-corrected chi connectivity index (χ0v) is 22.3. The number of nitrogens with one attached hydrogen (secondary N) is 3. The number of ether oxygens (including phenoxy) is 1. The maximum atomic E-state index is 12.8. The molecule has 0 aliphatic heterocycles. The fourth-order valence-electron chi connectivity index (χ4n) is 3.69. The number of halogens is 1. The summed E-state index contributed by atoms with van der Waals surface area (Å²) in [5, 5.41) is 5.67. The van der Waals surface area contributed by atoms with E-state index >= 15 is 0 Å². The second kappa shape index (κ2) is 12.6. The molecule has 7 nitrogen and oxygen atoms in total. The second-order valence-corrected chi connectivity index (χ2v) is 11.3. The van der Waals surface area contributed by atoms with Crippen molar-refractivity contribution < 1.29 is 17.9 Å². The summed E-state index contributed by atoms with van der Waals surface area (Å²) in [7, 11) is -3.58. The van der Waals surface area contributed by atoms with E-state index in [0.717, 1.165) is 49.4 Å². The van der Waals surface area contributed by atoms with E-state index in [0.29, 0.717) is 23.6 Å². The third-order valence-electron chi connectivity index (χ3n) is 5.52. The minimum Gasteiger partial charge on any atom is -0.493 e. The van der Waals surface area contributed by atoms with Crippen molar-refractivity contribution in [1.82, 2.24) is 10.0 Å². The van der Waals surface area contributed by atoms with Crippen molar-refractivity contribution in [3.05, 3.63) is 52.5 Å². The number of benzene rings is 2. The number of amides is 1. The van der Waals surface area contributed by atoms with E-state index in [1.165, 1.54) is 12.1 Å². The Morgan fingerprint density at radius 1 is 1.12 bits per heavy atom. The van der Waals surface area contributed by atoms with Crippen molar-refractivity contribution in [2.75, 3.05) is 11.9 Å². The van der Waals surface area contributed by atoms with Crippen LogP contribution in [0.2, 0.25) is 0 Å². The van der Waals surface area contributed by atoms with Gasteiger partial charge in [0.25, 0.3) is 5.91 Å². The van der Waals surface area contributed by atoms with Gasteiger partial charge in [0.05, 0.1) is 17.1 Å². The molecule has 0 heterocycles. The molecule has 0 atom stereocenters. The smallest absolute Gasteiger partial charge is 0.261 e. The van der Waals surface area contributed by atoms with Crippen molar-refractivity contribution in [3.63, 3.8) is 0 Å². The van der Waals surface area contributed by atoms with E-state index in [1.807, 2.05) is 6.07 Å². The van der Waals surface area contributed by atoms with Gasteiger partial charge < -0.3 is 10.1 Å². The molecule has 0 aromatic heterocycles. The molecule has 2 aromatic carbocycles. The van der Waals surface area contributed by atoms with E-state index in [9.17, 15) is 13.2 Å². The fourth-order valence-corrected chi connectivity index (χ4v) is 5.57. The van der Waals surface area contributed by atoms with Crippen LogP contribution in [0.4, 0.5) is 5.69 Å². The van der Waals surface area contributed by atoms with Crippen molar-refractivity contribution in [1.29, 1.82) is 0 Å². The Kier molecular flexibility index (Phi) is 9.87. The summed E-state index contributed by atoms with van der Waals surface area (Å²) in [6.45, 7) is 2.59. The molecule has 1 fully saturated rings. The number of anilines is 1. The SMILES string of the molecule is CCCCOc1ccc(Br)cc1C(=O)NC(=S)Nc1ccc(S(=O)(=O)NC2CCCCC2)cc1. The van der Waals surface area contributed by atoms with Crippen LogP contribution in [0.15, 0.2) is 51.8 Å². The van der Waals surface area contributed by atoms with Gasteiger partial charge in [-0.15, -0.1) is 0 Å². The van der Waals surface area contributed by atoms with Gasteiger partial charge in [0.15, 0.2) is 5.11 Å². The zero-order valence-electron chi connectivity index (χ0n) is 19.1. The Balaban J connectivity index is 1.60. The van der Waals surface area contributed by atoms with Gasteiger partial charge in [-0.05, 0) is 73.9 Å². The van der Waals surface area contributed by atoms with Crippen LogP contribution in [-0.4, -0.2) is 32.1 Å². The maximum absolute atomic E-state index is 12.8. The third-order valence-corrected chi connectivity index (χ3v) is 7.75. The van der Waals surface area contributed by atoms with Crippen molar-refractivity contribution in [2.45, 2.75) is 62.8 Å². The summed E-state index contributed by atoms with van der Waals surface area (Å²) in [6.07, 6.45) is 6.87. The first kappa shape index (κ1) is 26.6. The highest BCUT2D eigenvalue weighted by molar-refractivity contribution is 9.10. The van der Waals surface area contributed by atoms with Gasteiger partial charge in [0.1, 0.15) is 5.75 Å². The Bertz CT molecular complexity index is 1100. The molecule has 10 heteroatoms. The molecule has 1 amide bonds. The van der Waals surface area contributed by atoms with Crippen LogP contribution in [0, 0.1) is 0 Å². The Morgan fingerprint density at radius 2 is 1.82 bits per heavy atom. The van der Waals surface area contributed by atoms with Gasteiger partial charge in [0, 0.05) is 16.2 Å². The van der Waals surface area contributed by atoms with E-state index in [4.69, 9.17) is 17.0 Å². The van der Waals surface area contributed by atoms with Crippen LogP contribution in [0.3, 0.4) is 0 Å². The predicted octanol–water partition coefficient (Wildman–Crippen LogP) is 5.37. The molecule has 0 unspecified atom stereocenters. The van der Waals surface area contributed by atoms with Gasteiger partial charge in [-0.25, -0.2) is 13.1 Å². The number of hydrogen-bond acceptors (Lipinski definition) is 5. The second-order valence-electron chi connectivity index (χ2n) is 8.23. The predicted molar refractivity (Wildman–Crippen MR) is 142 cm³/mol. The minimum atomic E-state index is -3.58. The van der Waals surface area contributed by atoms with Gasteiger partial charge in [0.2, 0.25) is 10.0 Å². The first-order valence-electron chi connectivity index (χ1n) is 11.5. The van der Waals surface area contributed by atoms with Crippen LogP contribution in [0.5, 0.6) is 5.75 Å². The van der Waals surface area contributed by atoms with E-state index in [-0.39, 0.29) is 16.0 Å². The van der Waals surface area contributed by atoms with Gasteiger partial charge in [-0.2, -0.15) is 0 Å². The largest absolute Gasteiger partial charge is 0.493 e. The normalized spacial score (nSPS) is 14.4. The molecule has 3 rings (SSSR count). The molecule has 1 saturated carbocycles. The van der Waals surface area contributed by atoms with Gasteiger partial charge in [-0.3, -0.25) is 10.1 Å². The van der Waals surface area contributed by atoms with Crippen molar-refractivity contribution >= 4 is 54.9 Å². The molecule has 3 N–H and O–H groups in total. The first-order valence-corrected chi connectivity index (χ1v) is 14.1. The third kappa shape index (κ3) is 7.76. The molecule has 0 bridgehead atoms. The molecule has 1 aliphatic carbocycles. The molecular weight excluding hydrogens is 538 g/mol. The lowest BCUT2D eigenvalue weighted by atomic mass is 9.96. The number of carbonyl (C=O) groups is 1. The Morgan fingerprint density at radius 3 is 2.50 bits per heavy atom. The van der Waals surface area contributed by atoms with Crippen LogP contribution >= 0.6 is 28.1 Å². The quantitative estimate of drug-likeness (QED) is 0.278. The molecule has 2 aromatic rings. The van der Waals surface area contributed by atoms with E-state index in [2.05, 4.69) is 38.2 Å². The molecule has 184 valence electrons. The lowest BCUT2D eigenvalue weighted by Gasteiger charge is -2.22. The van der Waals surface area contributed by atoms with Crippen molar-refractivity contribution in [3.8, 4) is 5.75 Å². The number of thiocarbonyl (C=S) groups is 1. The van der Waals surface area contributed by atoms with Crippen LogP contribution in [0.25, 0.3) is 0 Å². The average Bonchev–Trinajstić information content (AvgIpc) is 2.80. The lowest BCUT2D eigenvalue weighted by Crippen LogP contribution is -2.36. The molecule has 0 radical (unpaired) electrons. The topological polar surface area (TPSA) is 96.5 Å². The summed E-state index contributed by atoms with van der Waals surface area (Å²) in [5.74, 6) is 0.0816. The highest BCUT2D eigenvalue weighted by atomic mass is 79.9. The van der Waals surface area contributed by atoms with Gasteiger partial charge >= 0.3 is 0 Å². The number of sulfonamides is 1. The number of hydrogen-bond donors (Lipinski definition) is 3. The van der Waals surface area contributed by atoms with E-state index in [1.54, 1.807) is 24.3 Å².